The molecule has 0 saturated heterocycles. The maximum Gasteiger partial charge on any atom is 0.174 e. The highest BCUT2D eigenvalue weighted by Crippen LogP contribution is 2.34. The number of benzene rings is 2. The second-order valence-corrected chi connectivity index (χ2v) is 6.39. The Labute approximate surface area is 146 Å². The number of fused-ring (bicyclic) bond motifs is 1. The average molecular weight is 332 g/mol. The molecule has 0 bridgehead atoms. The highest BCUT2D eigenvalue weighted by Gasteiger charge is 2.14. The van der Waals surface area contributed by atoms with Gasteiger partial charge in [0.1, 0.15) is 5.75 Å². The molecule has 4 nitrogen and oxygen atoms in total. The van der Waals surface area contributed by atoms with E-state index >= 15 is 0 Å². The minimum atomic E-state index is 0.406. The number of ether oxygens (including phenoxy) is 1. The van der Waals surface area contributed by atoms with Crippen molar-refractivity contribution < 1.29 is 9.26 Å². The maximum absolute atomic E-state index is 5.60. The lowest BCUT2D eigenvalue weighted by molar-refractivity contribution is 0.415. The van der Waals surface area contributed by atoms with Crippen molar-refractivity contribution in [1.29, 1.82) is 0 Å². The molecule has 4 heteroatoms. The molecular formula is C21H20N2O2. The minimum absolute atomic E-state index is 0.406. The molecule has 2 aromatic carbocycles. The summed E-state index contributed by atoms with van der Waals surface area (Å²) in [6, 6.07) is 16.9. The Morgan fingerprint density at radius 2 is 1.76 bits per heavy atom. The van der Waals surface area contributed by atoms with Gasteiger partial charge >= 0.3 is 0 Å². The molecule has 0 radical (unpaired) electrons. The molecule has 0 N–H and O–H groups in total. The minimum Gasteiger partial charge on any atom is -0.497 e. The van der Waals surface area contributed by atoms with Crippen molar-refractivity contribution in [3.05, 3.63) is 60.9 Å². The van der Waals surface area contributed by atoms with E-state index in [0.29, 0.717) is 6.04 Å². The monoisotopic (exact) mass is 332 g/mol. The lowest BCUT2D eigenvalue weighted by Crippen LogP contribution is -1.97. The van der Waals surface area contributed by atoms with E-state index < -0.39 is 0 Å². The van der Waals surface area contributed by atoms with Crippen LogP contribution in [0.4, 0.5) is 0 Å². The third-order valence-electron chi connectivity index (χ3n) is 4.51. The average Bonchev–Trinajstić information content (AvgIpc) is 3.28. The molecule has 0 aliphatic heterocycles. The van der Waals surface area contributed by atoms with Crippen LogP contribution >= 0.6 is 0 Å². The lowest BCUT2D eigenvalue weighted by Gasteiger charge is -2.10. The summed E-state index contributed by atoms with van der Waals surface area (Å²) in [6.45, 7) is 4.37. The summed E-state index contributed by atoms with van der Waals surface area (Å²) in [4.78, 5) is 0. The fourth-order valence-corrected chi connectivity index (χ4v) is 3.16. The molecule has 4 aromatic rings. The van der Waals surface area contributed by atoms with Crippen LogP contribution in [-0.2, 0) is 0 Å². The van der Waals surface area contributed by atoms with Crippen LogP contribution in [0.25, 0.3) is 33.4 Å². The van der Waals surface area contributed by atoms with Crippen LogP contribution in [0.15, 0.2) is 65.4 Å². The van der Waals surface area contributed by atoms with Gasteiger partial charge in [-0.05, 0) is 49.1 Å². The molecule has 126 valence electrons. The predicted molar refractivity (Wildman–Crippen MR) is 99.8 cm³/mol. The number of methoxy groups -OCH3 is 1. The first-order valence-corrected chi connectivity index (χ1v) is 8.37. The van der Waals surface area contributed by atoms with Crippen molar-refractivity contribution in [3.63, 3.8) is 0 Å². The Hall–Kier alpha value is -3.01. The lowest BCUT2D eigenvalue weighted by atomic mass is 10.0. The van der Waals surface area contributed by atoms with Crippen molar-refractivity contribution in [2.75, 3.05) is 7.11 Å². The van der Waals surface area contributed by atoms with Crippen LogP contribution in [-0.4, -0.2) is 16.8 Å². The second kappa shape index (κ2) is 6.13. The van der Waals surface area contributed by atoms with Gasteiger partial charge < -0.3 is 13.8 Å². The van der Waals surface area contributed by atoms with Crippen molar-refractivity contribution in [1.82, 2.24) is 9.72 Å². The first-order valence-electron chi connectivity index (χ1n) is 8.37. The van der Waals surface area contributed by atoms with E-state index in [9.17, 15) is 0 Å². The Kier molecular flexibility index (Phi) is 3.80. The smallest absolute Gasteiger partial charge is 0.174 e. The predicted octanol–water partition coefficient (Wildman–Crippen LogP) is 5.55. The molecule has 0 unspecified atom stereocenters. The molecule has 0 saturated carbocycles. The topological polar surface area (TPSA) is 40.2 Å². The summed E-state index contributed by atoms with van der Waals surface area (Å²) in [7, 11) is 1.67. The van der Waals surface area contributed by atoms with E-state index in [-0.39, 0.29) is 0 Å². The molecular weight excluding hydrogens is 312 g/mol. The number of aromatic nitrogens is 2. The largest absolute Gasteiger partial charge is 0.497 e. The van der Waals surface area contributed by atoms with Gasteiger partial charge in [0.05, 0.1) is 13.3 Å². The van der Waals surface area contributed by atoms with Gasteiger partial charge in [-0.3, -0.25) is 0 Å². The van der Waals surface area contributed by atoms with E-state index in [2.05, 4.69) is 54.0 Å². The highest BCUT2D eigenvalue weighted by atomic mass is 16.5. The Bertz CT molecular complexity index is 1010. The van der Waals surface area contributed by atoms with Crippen molar-refractivity contribution in [3.8, 4) is 28.2 Å². The zero-order chi connectivity index (χ0) is 17.4. The van der Waals surface area contributed by atoms with Crippen LogP contribution in [0.2, 0.25) is 0 Å². The fraction of sp³-hybridized carbons (Fsp3) is 0.190. The number of rotatable bonds is 4. The Morgan fingerprint density at radius 3 is 2.48 bits per heavy atom. The van der Waals surface area contributed by atoms with E-state index in [1.54, 1.807) is 13.3 Å². The zero-order valence-electron chi connectivity index (χ0n) is 14.6. The van der Waals surface area contributed by atoms with E-state index in [1.807, 2.05) is 24.3 Å². The van der Waals surface area contributed by atoms with Crippen LogP contribution in [0.1, 0.15) is 19.9 Å². The fourth-order valence-electron chi connectivity index (χ4n) is 3.16. The van der Waals surface area contributed by atoms with E-state index in [1.165, 1.54) is 10.9 Å². The van der Waals surface area contributed by atoms with Gasteiger partial charge in [-0.1, -0.05) is 29.4 Å². The van der Waals surface area contributed by atoms with E-state index in [4.69, 9.17) is 9.26 Å². The Morgan fingerprint density at radius 1 is 1.00 bits per heavy atom. The number of hydrogen-bond donors (Lipinski definition) is 0. The quantitative estimate of drug-likeness (QED) is 0.492. The molecule has 4 rings (SSSR count). The SMILES string of the molecule is COc1ccc(-c2cnoc2-c2ccc3ccn(C(C)C)c3c2)cc1. The van der Waals surface area contributed by atoms with Gasteiger partial charge in [-0.2, -0.15) is 0 Å². The summed E-state index contributed by atoms with van der Waals surface area (Å²) >= 11 is 0. The molecule has 0 amide bonds. The third kappa shape index (κ3) is 2.70. The van der Waals surface area contributed by atoms with Gasteiger partial charge in [0, 0.05) is 28.9 Å². The van der Waals surface area contributed by atoms with Gasteiger partial charge in [0.2, 0.25) is 0 Å². The second-order valence-electron chi connectivity index (χ2n) is 6.39. The first-order chi connectivity index (χ1) is 12.2. The van der Waals surface area contributed by atoms with Gasteiger partial charge in [-0.25, -0.2) is 0 Å². The normalized spacial score (nSPS) is 11.4. The standard InChI is InChI=1S/C21H20N2O2/c1-14(2)23-11-10-16-4-5-17(12-20(16)23)21-19(13-22-25-21)15-6-8-18(24-3)9-7-15/h4-14H,1-3H3. The first kappa shape index (κ1) is 15.5. The number of hydrogen-bond acceptors (Lipinski definition) is 3. The van der Waals surface area contributed by atoms with Crippen molar-refractivity contribution in [2.24, 2.45) is 0 Å². The van der Waals surface area contributed by atoms with Gasteiger partial charge in [-0.15, -0.1) is 0 Å². The highest BCUT2D eigenvalue weighted by molar-refractivity contribution is 5.88. The van der Waals surface area contributed by atoms with Crippen molar-refractivity contribution >= 4 is 10.9 Å². The summed E-state index contributed by atoms with van der Waals surface area (Å²) < 4.78 is 13.1. The molecule has 2 aromatic heterocycles. The molecule has 0 aliphatic rings. The van der Waals surface area contributed by atoms with Gasteiger partial charge in [0.15, 0.2) is 5.76 Å². The van der Waals surface area contributed by atoms with Crippen LogP contribution in [0.3, 0.4) is 0 Å². The number of nitrogens with zero attached hydrogens (tertiary/aromatic N) is 2. The Balaban J connectivity index is 1.81. The summed E-state index contributed by atoms with van der Waals surface area (Å²) in [5.74, 6) is 1.61. The van der Waals surface area contributed by atoms with Crippen LogP contribution < -0.4 is 4.74 Å². The van der Waals surface area contributed by atoms with Crippen LogP contribution in [0, 0.1) is 0 Å². The molecule has 0 spiro atoms. The van der Waals surface area contributed by atoms with Crippen molar-refractivity contribution in [2.45, 2.75) is 19.9 Å². The summed E-state index contributed by atoms with van der Waals surface area (Å²) in [6.07, 6.45) is 3.90. The molecule has 0 atom stereocenters. The van der Waals surface area contributed by atoms with Gasteiger partial charge in [0.25, 0.3) is 0 Å². The zero-order valence-corrected chi connectivity index (χ0v) is 14.6. The molecule has 0 fully saturated rings. The molecule has 0 aliphatic carbocycles. The third-order valence-corrected chi connectivity index (χ3v) is 4.51. The summed E-state index contributed by atoms with van der Waals surface area (Å²) in [5, 5.41) is 5.25. The summed E-state index contributed by atoms with van der Waals surface area (Å²) in [5.41, 5.74) is 4.25. The van der Waals surface area contributed by atoms with E-state index in [0.717, 1.165) is 28.2 Å². The van der Waals surface area contributed by atoms with Crippen LogP contribution in [0.5, 0.6) is 5.75 Å². The maximum atomic E-state index is 5.60. The molecule has 2 heterocycles. The molecule has 25 heavy (non-hydrogen) atoms.